The maximum atomic E-state index is 13.5. The molecule has 0 aliphatic carbocycles. The number of aryl methyl sites for hydroxylation is 2. The fourth-order valence-electron chi connectivity index (χ4n) is 3.98. The van der Waals surface area contributed by atoms with Crippen LogP contribution in [0, 0.1) is 13.8 Å². The molecular formula is C31H30N2O3. The highest BCUT2D eigenvalue weighted by molar-refractivity contribution is 6.06. The van der Waals surface area contributed by atoms with Crippen molar-refractivity contribution >= 4 is 23.2 Å². The lowest BCUT2D eigenvalue weighted by Gasteiger charge is -2.24. The Morgan fingerprint density at radius 1 is 0.778 bits per heavy atom. The van der Waals surface area contributed by atoms with Crippen LogP contribution < -0.4 is 15.0 Å². The number of rotatable bonds is 8. The van der Waals surface area contributed by atoms with Gasteiger partial charge in [-0.2, -0.15) is 0 Å². The first-order chi connectivity index (χ1) is 17.4. The van der Waals surface area contributed by atoms with E-state index in [1.54, 1.807) is 36.3 Å². The highest BCUT2D eigenvalue weighted by Crippen LogP contribution is 2.23. The van der Waals surface area contributed by atoms with E-state index in [-0.39, 0.29) is 18.2 Å². The number of nitrogens with zero attached hydrogens (tertiary/aromatic N) is 1. The predicted octanol–water partition coefficient (Wildman–Crippen LogP) is 6.34. The fraction of sp³-hybridized carbons (Fsp3) is 0.161. The van der Waals surface area contributed by atoms with Gasteiger partial charge in [0.1, 0.15) is 5.75 Å². The van der Waals surface area contributed by atoms with Crippen LogP contribution in [0.5, 0.6) is 5.75 Å². The molecule has 4 aromatic carbocycles. The lowest BCUT2D eigenvalue weighted by Crippen LogP contribution is -2.30. The summed E-state index contributed by atoms with van der Waals surface area (Å²) in [4.78, 5) is 27.8. The van der Waals surface area contributed by atoms with Gasteiger partial charge in [-0.05, 0) is 73.5 Å². The minimum Gasteiger partial charge on any atom is -0.497 e. The quantitative estimate of drug-likeness (QED) is 0.321. The Hall–Kier alpha value is -4.38. The van der Waals surface area contributed by atoms with Gasteiger partial charge in [0.15, 0.2) is 0 Å². The van der Waals surface area contributed by atoms with Crippen LogP contribution in [0.25, 0.3) is 0 Å². The molecule has 182 valence electrons. The van der Waals surface area contributed by atoms with Crippen LogP contribution in [-0.2, 0) is 17.8 Å². The Balaban J connectivity index is 1.51. The van der Waals surface area contributed by atoms with Crippen LogP contribution in [0.15, 0.2) is 97.1 Å². The first-order valence-electron chi connectivity index (χ1n) is 11.9. The van der Waals surface area contributed by atoms with Crippen molar-refractivity contribution in [2.75, 3.05) is 17.3 Å². The second-order valence-electron chi connectivity index (χ2n) is 8.87. The van der Waals surface area contributed by atoms with Crippen LogP contribution in [-0.4, -0.2) is 18.9 Å². The Bertz CT molecular complexity index is 1330. The fourth-order valence-corrected chi connectivity index (χ4v) is 3.98. The van der Waals surface area contributed by atoms with Gasteiger partial charge in [0, 0.05) is 16.9 Å². The van der Waals surface area contributed by atoms with Crippen molar-refractivity contribution in [3.05, 3.63) is 125 Å². The van der Waals surface area contributed by atoms with Gasteiger partial charge in [-0.1, -0.05) is 59.7 Å². The van der Waals surface area contributed by atoms with Gasteiger partial charge < -0.3 is 15.0 Å². The number of anilines is 2. The van der Waals surface area contributed by atoms with Gasteiger partial charge in [0.25, 0.3) is 5.91 Å². The number of hydrogen-bond acceptors (Lipinski definition) is 3. The summed E-state index contributed by atoms with van der Waals surface area (Å²) in [6.07, 6.45) is 0.232. The molecule has 5 nitrogen and oxygen atoms in total. The second-order valence-corrected chi connectivity index (χ2v) is 8.87. The summed E-state index contributed by atoms with van der Waals surface area (Å²) in [5.41, 5.74) is 6.30. The molecule has 0 spiro atoms. The van der Waals surface area contributed by atoms with E-state index in [4.69, 9.17) is 4.74 Å². The lowest BCUT2D eigenvalue weighted by atomic mass is 10.1. The molecule has 0 heterocycles. The van der Waals surface area contributed by atoms with Crippen molar-refractivity contribution in [3.8, 4) is 5.75 Å². The average Bonchev–Trinajstić information content (AvgIpc) is 2.88. The topological polar surface area (TPSA) is 58.6 Å². The largest absolute Gasteiger partial charge is 0.497 e. The molecular weight excluding hydrogens is 448 g/mol. The van der Waals surface area contributed by atoms with Crippen molar-refractivity contribution in [3.63, 3.8) is 0 Å². The molecule has 0 aliphatic heterocycles. The molecule has 0 saturated carbocycles. The molecule has 0 saturated heterocycles. The summed E-state index contributed by atoms with van der Waals surface area (Å²) in [5, 5.41) is 2.90. The molecule has 0 fully saturated rings. The van der Waals surface area contributed by atoms with Crippen molar-refractivity contribution in [1.82, 2.24) is 0 Å². The molecule has 0 radical (unpaired) electrons. The van der Waals surface area contributed by atoms with Crippen molar-refractivity contribution < 1.29 is 14.3 Å². The molecule has 36 heavy (non-hydrogen) atoms. The molecule has 0 aromatic heterocycles. The number of amides is 2. The minimum atomic E-state index is -0.111. The van der Waals surface area contributed by atoms with Gasteiger partial charge in [0.2, 0.25) is 5.91 Å². The van der Waals surface area contributed by atoms with E-state index in [1.807, 2.05) is 80.6 Å². The van der Waals surface area contributed by atoms with Gasteiger partial charge in [-0.15, -0.1) is 0 Å². The Morgan fingerprint density at radius 3 is 2.11 bits per heavy atom. The van der Waals surface area contributed by atoms with Crippen molar-refractivity contribution in [2.24, 2.45) is 0 Å². The van der Waals surface area contributed by atoms with Crippen molar-refractivity contribution in [1.29, 1.82) is 0 Å². The Labute approximate surface area is 212 Å². The van der Waals surface area contributed by atoms with Gasteiger partial charge >= 0.3 is 0 Å². The summed E-state index contributed by atoms with van der Waals surface area (Å²) in [5.74, 6) is 0.556. The molecule has 0 bridgehead atoms. The van der Waals surface area contributed by atoms with Crippen LogP contribution in [0.4, 0.5) is 11.4 Å². The van der Waals surface area contributed by atoms with Crippen LogP contribution in [0.2, 0.25) is 0 Å². The van der Waals surface area contributed by atoms with Gasteiger partial charge in [0.05, 0.1) is 20.1 Å². The van der Waals surface area contributed by atoms with E-state index in [0.29, 0.717) is 17.8 Å². The van der Waals surface area contributed by atoms with E-state index < -0.39 is 0 Å². The normalized spacial score (nSPS) is 10.5. The van der Waals surface area contributed by atoms with Gasteiger partial charge in [-0.25, -0.2) is 0 Å². The zero-order valence-electron chi connectivity index (χ0n) is 20.8. The third kappa shape index (κ3) is 6.39. The molecule has 4 aromatic rings. The van der Waals surface area contributed by atoms with Crippen molar-refractivity contribution in [2.45, 2.75) is 26.8 Å². The first kappa shape index (κ1) is 24.7. The molecule has 1 N–H and O–H groups in total. The maximum Gasteiger partial charge on any atom is 0.258 e. The SMILES string of the molecule is COc1ccc(NC(=O)Cc2ccc(N(Cc3cccc(C)c3)C(=O)c3ccc(C)cc3)cc2)cc1. The van der Waals surface area contributed by atoms with E-state index in [0.717, 1.165) is 33.7 Å². The van der Waals surface area contributed by atoms with Crippen LogP contribution >= 0.6 is 0 Å². The number of nitrogens with one attached hydrogen (secondary N) is 1. The Kier molecular flexibility index (Phi) is 7.81. The number of carbonyl (C=O) groups excluding carboxylic acids is 2. The van der Waals surface area contributed by atoms with Gasteiger partial charge in [-0.3, -0.25) is 9.59 Å². The average molecular weight is 479 g/mol. The first-order valence-corrected chi connectivity index (χ1v) is 11.9. The zero-order chi connectivity index (χ0) is 25.5. The summed E-state index contributed by atoms with van der Waals surface area (Å²) in [6.45, 7) is 4.50. The number of hydrogen-bond donors (Lipinski definition) is 1. The van der Waals surface area contributed by atoms with E-state index in [2.05, 4.69) is 11.4 Å². The number of benzene rings is 4. The molecule has 0 unspecified atom stereocenters. The highest BCUT2D eigenvalue weighted by atomic mass is 16.5. The minimum absolute atomic E-state index is 0.0681. The summed E-state index contributed by atoms with van der Waals surface area (Å²) >= 11 is 0. The zero-order valence-corrected chi connectivity index (χ0v) is 20.8. The standard InChI is InChI=1S/C31H30N2O3/c1-22-7-11-26(12-8-22)31(35)33(21-25-6-4-5-23(2)19-25)28-15-9-24(10-16-28)20-30(34)32-27-13-17-29(36-3)18-14-27/h4-19H,20-21H2,1-3H3,(H,32,34). The summed E-state index contributed by atoms with van der Waals surface area (Å²) < 4.78 is 5.15. The van der Waals surface area contributed by atoms with E-state index in [9.17, 15) is 9.59 Å². The van der Waals surface area contributed by atoms with E-state index >= 15 is 0 Å². The predicted molar refractivity (Wildman–Crippen MR) is 145 cm³/mol. The summed E-state index contributed by atoms with van der Waals surface area (Å²) in [7, 11) is 1.60. The lowest BCUT2D eigenvalue weighted by molar-refractivity contribution is -0.115. The maximum absolute atomic E-state index is 13.5. The monoisotopic (exact) mass is 478 g/mol. The highest BCUT2D eigenvalue weighted by Gasteiger charge is 2.19. The summed E-state index contributed by atoms with van der Waals surface area (Å²) in [6, 6.07) is 30.6. The van der Waals surface area contributed by atoms with E-state index in [1.165, 1.54) is 0 Å². The van der Waals surface area contributed by atoms with Crippen LogP contribution in [0.3, 0.4) is 0 Å². The molecule has 0 aliphatic rings. The molecule has 4 rings (SSSR count). The second kappa shape index (κ2) is 11.4. The van der Waals surface area contributed by atoms with Crippen LogP contribution in [0.1, 0.15) is 32.6 Å². The number of methoxy groups -OCH3 is 1. The third-order valence-electron chi connectivity index (χ3n) is 5.95. The third-order valence-corrected chi connectivity index (χ3v) is 5.95. The molecule has 2 amide bonds. The molecule has 0 atom stereocenters. The Morgan fingerprint density at radius 2 is 1.47 bits per heavy atom. The number of carbonyl (C=O) groups is 2. The molecule has 5 heteroatoms. The number of ether oxygens (including phenoxy) is 1. The smallest absolute Gasteiger partial charge is 0.258 e.